The molecule has 0 aliphatic carbocycles. The van der Waals surface area contributed by atoms with Crippen molar-refractivity contribution in [3.8, 4) is 0 Å². The van der Waals surface area contributed by atoms with E-state index in [2.05, 4.69) is 0 Å². The Bertz CT molecular complexity index is 95.8. The van der Waals surface area contributed by atoms with Crippen LogP contribution >= 0.6 is 0 Å². The Kier molecular flexibility index (Phi) is 9.03. The summed E-state index contributed by atoms with van der Waals surface area (Å²) in [6.45, 7) is 1.44. The molecule has 12 heavy (non-hydrogen) atoms. The van der Waals surface area contributed by atoms with Crippen LogP contribution in [0.3, 0.4) is 0 Å². The lowest BCUT2D eigenvalue weighted by Gasteiger charge is -2.15. The first kappa shape index (κ1) is 14.4. The molecule has 0 N–H and O–H groups in total. The van der Waals surface area contributed by atoms with Crippen molar-refractivity contribution in [1.29, 1.82) is 0 Å². The molecule has 1 fully saturated rings. The van der Waals surface area contributed by atoms with Crippen molar-refractivity contribution < 1.29 is 14.2 Å². The van der Waals surface area contributed by atoms with E-state index in [0.29, 0.717) is 6.61 Å². The smallest absolute Gasteiger partial charge is 0.107 e. The van der Waals surface area contributed by atoms with Gasteiger partial charge in [-0.3, -0.25) is 0 Å². The molecule has 0 amide bonds. The molecule has 0 spiro atoms. The van der Waals surface area contributed by atoms with Crippen molar-refractivity contribution in [2.24, 2.45) is 0 Å². The van der Waals surface area contributed by atoms with E-state index in [1.165, 1.54) is 0 Å². The second-order valence-corrected chi connectivity index (χ2v) is 2.43. The van der Waals surface area contributed by atoms with Crippen LogP contribution in [0.1, 0.15) is 21.3 Å². The van der Waals surface area contributed by atoms with Crippen molar-refractivity contribution in [2.75, 3.05) is 27.4 Å². The van der Waals surface area contributed by atoms with Gasteiger partial charge in [0.25, 0.3) is 0 Å². The Labute approximate surface area is 76.0 Å². The fourth-order valence-electron chi connectivity index (χ4n) is 1.22. The van der Waals surface area contributed by atoms with Gasteiger partial charge < -0.3 is 14.2 Å². The number of hydrogen-bond acceptors (Lipinski definition) is 3. The second-order valence-electron chi connectivity index (χ2n) is 2.43. The summed E-state index contributed by atoms with van der Waals surface area (Å²) in [6.07, 6.45) is 1.37. The molecule has 1 rings (SSSR count). The van der Waals surface area contributed by atoms with Gasteiger partial charge in [0.15, 0.2) is 0 Å². The Hall–Kier alpha value is -0.120. The normalized spacial score (nSPS) is 27.5. The van der Waals surface area contributed by atoms with Gasteiger partial charge in [0.05, 0.1) is 12.7 Å². The van der Waals surface area contributed by atoms with Crippen molar-refractivity contribution in [3.63, 3.8) is 0 Å². The first-order valence-corrected chi connectivity index (χ1v) is 3.52. The first-order chi connectivity index (χ1) is 4.88. The van der Waals surface area contributed by atoms with E-state index < -0.39 is 0 Å². The maximum Gasteiger partial charge on any atom is 0.107 e. The summed E-state index contributed by atoms with van der Waals surface area (Å²) >= 11 is 0. The summed E-state index contributed by atoms with van der Waals surface area (Å²) < 4.78 is 15.5. The molecule has 0 radical (unpaired) electrons. The zero-order chi connectivity index (χ0) is 7.40. The van der Waals surface area contributed by atoms with E-state index in [1.54, 1.807) is 14.2 Å². The molecule has 0 aromatic heterocycles. The fraction of sp³-hybridized carbons (Fsp3) is 1.00. The third kappa shape index (κ3) is 3.52. The molecule has 76 valence electrons. The third-order valence-corrected chi connectivity index (χ3v) is 1.78. The van der Waals surface area contributed by atoms with E-state index in [4.69, 9.17) is 14.2 Å². The zero-order valence-corrected chi connectivity index (χ0v) is 6.50. The van der Waals surface area contributed by atoms with Crippen LogP contribution < -0.4 is 0 Å². The lowest BCUT2D eigenvalue weighted by molar-refractivity contribution is -0.0259. The van der Waals surface area contributed by atoms with Crippen molar-refractivity contribution in [2.45, 2.75) is 33.5 Å². The van der Waals surface area contributed by atoms with Gasteiger partial charge in [0.1, 0.15) is 6.10 Å². The van der Waals surface area contributed by atoms with Crippen LogP contribution in [0.4, 0.5) is 0 Å². The van der Waals surface area contributed by atoms with Crippen molar-refractivity contribution >= 4 is 0 Å². The predicted molar refractivity (Wildman–Crippen MR) is 50.5 cm³/mol. The highest BCUT2D eigenvalue weighted by Crippen LogP contribution is 2.15. The number of methoxy groups -OCH3 is 2. The summed E-state index contributed by atoms with van der Waals surface area (Å²) in [6, 6.07) is 0. The highest BCUT2D eigenvalue weighted by molar-refractivity contribution is 4.75. The third-order valence-electron chi connectivity index (χ3n) is 1.78. The maximum atomic E-state index is 5.35. The lowest BCUT2D eigenvalue weighted by atomic mass is 10.2. The molecule has 1 aliphatic heterocycles. The molecule has 0 saturated carbocycles. The monoisotopic (exact) mass is 178 g/mol. The lowest BCUT2D eigenvalue weighted by Crippen LogP contribution is -2.27. The molecule has 2 unspecified atom stereocenters. The SMILES string of the molecule is C.C.COCC1OCCC1OC. The quantitative estimate of drug-likeness (QED) is 0.658. The minimum Gasteiger partial charge on any atom is -0.382 e. The van der Waals surface area contributed by atoms with Crippen LogP contribution in [-0.4, -0.2) is 39.6 Å². The molecule has 2 atom stereocenters. The standard InChI is InChI=1S/C7H14O3.2CH4/c1-8-5-7-6(9-2)3-4-10-7;;/h6-7H,3-5H2,1-2H3;2*1H4. The van der Waals surface area contributed by atoms with Gasteiger partial charge in [-0.05, 0) is 6.42 Å². The number of hydrogen-bond donors (Lipinski definition) is 0. The number of ether oxygens (including phenoxy) is 3. The molecule has 1 heterocycles. The molecule has 3 heteroatoms. The summed E-state index contributed by atoms with van der Waals surface area (Å²) in [5.41, 5.74) is 0. The van der Waals surface area contributed by atoms with Crippen LogP contribution in [0.15, 0.2) is 0 Å². The van der Waals surface area contributed by atoms with Gasteiger partial charge in [-0.15, -0.1) is 0 Å². The van der Waals surface area contributed by atoms with Gasteiger partial charge in [0, 0.05) is 20.8 Å². The van der Waals surface area contributed by atoms with Crippen molar-refractivity contribution in [1.82, 2.24) is 0 Å². The summed E-state index contributed by atoms with van der Waals surface area (Å²) in [4.78, 5) is 0. The highest BCUT2D eigenvalue weighted by Gasteiger charge is 2.27. The van der Waals surface area contributed by atoms with Crippen LogP contribution in [0.5, 0.6) is 0 Å². The van der Waals surface area contributed by atoms with Gasteiger partial charge in [-0.1, -0.05) is 14.9 Å². The summed E-state index contributed by atoms with van der Waals surface area (Å²) in [7, 11) is 3.39. The Morgan fingerprint density at radius 1 is 1.33 bits per heavy atom. The van der Waals surface area contributed by atoms with Gasteiger partial charge >= 0.3 is 0 Å². The predicted octanol–water partition coefficient (Wildman–Crippen LogP) is 1.71. The van der Waals surface area contributed by atoms with E-state index in [9.17, 15) is 0 Å². The number of rotatable bonds is 3. The van der Waals surface area contributed by atoms with E-state index in [0.717, 1.165) is 13.0 Å². The average Bonchev–Trinajstić information content (AvgIpc) is 2.36. The van der Waals surface area contributed by atoms with Gasteiger partial charge in [-0.25, -0.2) is 0 Å². The molecule has 1 aliphatic rings. The molecule has 0 aromatic rings. The maximum absolute atomic E-state index is 5.35. The Morgan fingerprint density at radius 3 is 2.50 bits per heavy atom. The first-order valence-electron chi connectivity index (χ1n) is 3.52. The fourth-order valence-corrected chi connectivity index (χ4v) is 1.22. The van der Waals surface area contributed by atoms with Crippen LogP contribution in [0.2, 0.25) is 0 Å². The van der Waals surface area contributed by atoms with E-state index in [-0.39, 0.29) is 27.1 Å². The van der Waals surface area contributed by atoms with Crippen LogP contribution in [-0.2, 0) is 14.2 Å². The summed E-state index contributed by atoms with van der Waals surface area (Å²) in [5, 5.41) is 0. The Morgan fingerprint density at radius 2 is 2.00 bits per heavy atom. The van der Waals surface area contributed by atoms with E-state index >= 15 is 0 Å². The molecular formula is C9H22O3. The minimum atomic E-state index is 0. The zero-order valence-electron chi connectivity index (χ0n) is 6.50. The highest BCUT2D eigenvalue weighted by atomic mass is 16.6. The van der Waals surface area contributed by atoms with Crippen LogP contribution in [0.25, 0.3) is 0 Å². The van der Waals surface area contributed by atoms with E-state index in [1.807, 2.05) is 0 Å². The second kappa shape index (κ2) is 7.53. The molecule has 3 nitrogen and oxygen atoms in total. The average molecular weight is 178 g/mol. The molecule has 0 bridgehead atoms. The molecule has 0 aromatic carbocycles. The summed E-state index contributed by atoms with van der Waals surface area (Å²) in [5.74, 6) is 0. The molecule has 1 saturated heterocycles. The van der Waals surface area contributed by atoms with Gasteiger partial charge in [0.2, 0.25) is 0 Å². The Balaban J connectivity index is 0. The van der Waals surface area contributed by atoms with Crippen LogP contribution in [0, 0.1) is 0 Å². The minimum absolute atomic E-state index is 0. The largest absolute Gasteiger partial charge is 0.382 e. The topological polar surface area (TPSA) is 27.7 Å². The van der Waals surface area contributed by atoms with Gasteiger partial charge in [-0.2, -0.15) is 0 Å². The molecular weight excluding hydrogens is 156 g/mol. The van der Waals surface area contributed by atoms with Crippen molar-refractivity contribution in [3.05, 3.63) is 0 Å².